The molecule has 2 aliphatic heterocycles. The summed E-state index contributed by atoms with van der Waals surface area (Å²) in [5.41, 5.74) is 3.26. The summed E-state index contributed by atoms with van der Waals surface area (Å²) < 4.78 is 34.4. The zero-order valence-electron chi connectivity index (χ0n) is 50.3. The first-order valence-electron chi connectivity index (χ1n) is 28.6. The minimum atomic E-state index is -1.54. The average Bonchev–Trinajstić information content (AvgIpc) is 3.46. The number of amides is 3. The summed E-state index contributed by atoms with van der Waals surface area (Å²) in [6, 6.07) is 10.6. The van der Waals surface area contributed by atoms with E-state index in [1.807, 2.05) is 104 Å². The van der Waals surface area contributed by atoms with Gasteiger partial charge in [0.25, 0.3) is 17.7 Å². The minimum absolute atomic E-state index is 0.00791. The Hall–Kier alpha value is -6.32. The predicted molar refractivity (Wildman–Crippen MR) is 305 cm³/mol. The van der Waals surface area contributed by atoms with Crippen LogP contribution >= 0.6 is 0 Å². The van der Waals surface area contributed by atoms with Crippen LogP contribution in [0.2, 0.25) is 0 Å². The molecule has 0 spiro atoms. The molecule has 0 bridgehead atoms. The number of anilines is 2. The van der Waals surface area contributed by atoms with Gasteiger partial charge in [-0.15, -0.1) is 0 Å². The number of nitrogens with one attached hydrogen (secondary N) is 1. The molecule has 2 heterocycles. The van der Waals surface area contributed by atoms with Crippen LogP contribution in [-0.2, 0) is 79.6 Å². The summed E-state index contributed by atoms with van der Waals surface area (Å²) in [6.07, 6.45) is -5.25. The van der Waals surface area contributed by atoms with Gasteiger partial charge in [0.1, 0.15) is 24.2 Å². The standard InChI is InChI=1S/C60H92N6O15/c1-37(2)31-47(61-11)57(72)80-51(35-43-15-19-45(20-16-43)65-23-27-76-28-24-65)54(68)63(13)48(32-38(3)4)58(73)78-41(9)53(67)62(12)50(34-40(7)8)60(75)81-52(36-44-17-21-46(22-18-44)66-25-29-77-30-26-66)55(69)64(14)49(33-39(5)6)59(74)79-42(10)56(70)71/h15-22,37-42,47-52,61H,23-36H2,1-14H3,(H,70,71)/t41-,42-,47+,48+,49+,50+,51-,52-/m1/s1. The largest absolute Gasteiger partial charge is 0.479 e. The van der Waals surface area contributed by atoms with Crippen molar-refractivity contribution in [1.82, 2.24) is 20.0 Å². The summed E-state index contributed by atoms with van der Waals surface area (Å²) in [4.78, 5) is 120. The molecule has 21 heteroatoms. The third kappa shape index (κ3) is 20.6. The van der Waals surface area contributed by atoms with Gasteiger partial charge < -0.3 is 63.3 Å². The summed E-state index contributed by atoms with van der Waals surface area (Å²) in [7, 11) is 5.83. The van der Waals surface area contributed by atoms with E-state index in [-0.39, 0.29) is 55.8 Å². The van der Waals surface area contributed by atoms with Crippen molar-refractivity contribution in [1.29, 1.82) is 0 Å². The van der Waals surface area contributed by atoms with Crippen LogP contribution in [-0.4, -0.2) is 197 Å². The lowest BCUT2D eigenvalue weighted by Gasteiger charge is -2.34. The van der Waals surface area contributed by atoms with Crippen molar-refractivity contribution < 1.29 is 71.9 Å². The van der Waals surface area contributed by atoms with Gasteiger partial charge in [0.15, 0.2) is 24.4 Å². The van der Waals surface area contributed by atoms with E-state index >= 15 is 0 Å². The van der Waals surface area contributed by atoms with E-state index in [1.54, 1.807) is 7.05 Å². The second kappa shape index (κ2) is 32.4. The zero-order chi connectivity index (χ0) is 60.2. The van der Waals surface area contributed by atoms with Crippen LogP contribution in [0, 0.1) is 23.7 Å². The highest BCUT2D eigenvalue weighted by Gasteiger charge is 2.41. The molecule has 3 amide bonds. The summed E-state index contributed by atoms with van der Waals surface area (Å²) >= 11 is 0. The van der Waals surface area contributed by atoms with E-state index in [1.165, 1.54) is 39.9 Å². The number of rotatable bonds is 30. The number of hydrogen-bond acceptors (Lipinski definition) is 17. The number of ether oxygens (including phenoxy) is 6. The lowest BCUT2D eigenvalue weighted by molar-refractivity contribution is -0.174. The number of carboxylic acids is 1. The summed E-state index contributed by atoms with van der Waals surface area (Å²) in [6.45, 7) is 22.8. The van der Waals surface area contributed by atoms with Gasteiger partial charge in [-0.1, -0.05) is 79.7 Å². The molecule has 0 saturated carbocycles. The number of morpholine rings is 2. The Bertz CT molecular complexity index is 2370. The first-order valence-corrected chi connectivity index (χ1v) is 28.6. The Morgan fingerprint density at radius 1 is 0.481 bits per heavy atom. The summed E-state index contributed by atoms with van der Waals surface area (Å²) in [5, 5.41) is 12.5. The van der Waals surface area contributed by atoms with Crippen molar-refractivity contribution in [3.05, 3.63) is 59.7 Å². The van der Waals surface area contributed by atoms with E-state index in [2.05, 4.69) is 15.1 Å². The maximum absolute atomic E-state index is 14.7. The number of esters is 4. The highest BCUT2D eigenvalue weighted by Crippen LogP contribution is 2.25. The number of nitrogens with zero attached hydrogens (tertiary/aromatic N) is 5. The van der Waals surface area contributed by atoms with Crippen LogP contribution in [0.3, 0.4) is 0 Å². The van der Waals surface area contributed by atoms with E-state index in [0.717, 1.165) is 39.8 Å². The van der Waals surface area contributed by atoms with Crippen molar-refractivity contribution >= 4 is 58.9 Å². The van der Waals surface area contributed by atoms with Crippen molar-refractivity contribution in [2.24, 2.45) is 23.7 Å². The van der Waals surface area contributed by atoms with Gasteiger partial charge in [0.2, 0.25) is 0 Å². The highest BCUT2D eigenvalue weighted by atomic mass is 16.6. The molecule has 4 rings (SSSR count). The Balaban J connectivity index is 1.61. The van der Waals surface area contributed by atoms with Crippen molar-refractivity contribution in [2.75, 3.05) is 90.6 Å². The molecule has 0 aromatic heterocycles. The molecule has 8 atom stereocenters. The van der Waals surface area contributed by atoms with Gasteiger partial charge in [-0.2, -0.15) is 0 Å². The van der Waals surface area contributed by atoms with Crippen LogP contribution in [0.15, 0.2) is 48.5 Å². The van der Waals surface area contributed by atoms with E-state index in [9.17, 15) is 43.5 Å². The number of benzene rings is 2. The molecule has 0 radical (unpaired) electrons. The Kier molecular flexibility index (Phi) is 26.8. The van der Waals surface area contributed by atoms with Gasteiger partial charge in [0, 0.05) is 71.5 Å². The smallest absolute Gasteiger partial charge is 0.344 e. The van der Waals surface area contributed by atoms with E-state index in [4.69, 9.17) is 28.4 Å². The molecule has 452 valence electrons. The number of carboxylic acid groups (broad SMARTS) is 1. The second-order valence-corrected chi connectivity index (χ2v) is 23.0. The number of aliphatic carboxylic acids is 1. The van der Waals surface area contributed by atoms with Crippen LogP contribution in [0.1, 0.15) is 106 Å². The molecule has 0 unspecified atom stereocenters. The lowest BCUT2D eigenvalue weighted by Crippen LogP contribution is -2.53. The third-order valence-corrected chi connectivity index (χ3v) is 14.5. The maximum Gasteiger partial charge on any atom is 0.344 e. The zero-order valence-corrected chi connectivity index (χ0v) is 50.3. The Labute approximate surface area is 479 Å². The quantitative estimate of drug-likeness (QED) is 0.0758. The molecule has 21 nitrogen and oxygen atoms in total. The molecular formula is C60H92N6O15. The number of hydrogen-bond donors (Lipinski definition) is 2. The van der Waals surface area contributed by atoms with Gasteiger partial charge in [0.05, 0.1) is 26.4 Å². The van der Waals surface area contributed by atoms with Gasteiger partial charge >= 0.3 is 29.8 Å². The van der Waals surface area contributed by atoms with Crippen LogP contribution in [0.25, 0.3) is 0 Å². The van der Waals surface area contributed by atoms with Crippen LogP contribution in [0.5, 0.6) is 0 Å². The third-order valence-electron chi connectivity index (χ3n) is 14.5. The van der Waals surface area contributed by atoms with Crippen molar-refractivity contribution in [2.45, 2.75) is 156 Å². The molecule has 81 heavy (non-hydrogen) atoms. The van der Waals surface area contributed by atoms with Gasteiger partial charge in [-0.3, -0.25) is 19.2 Å². The molecule has 2 fully saturated rings. The molecule has 2 N–H and O–H groups in total. The second-order valence-electron chi connectivity index (χ2n) is 23.0. The number of likely N-dealkylation sites (N-methyl/N-ethyl adjacent to an activating group) is 4. The Morgan fingerprint density at radius 3 is 1.14 bits per heavy atom. The fourth-order valence-electron chi connectivity index (χ4n) is 9.75. The normalized spacial score (nSPS) is 16.8. The average molecular weight is 1140 g/mol. The predicted octanol–water partition coefficient (Wildman–Crippen LogP) is 5.17. The van der Waals surface area contributed by atoms with Crippen molar-refractivity contribution in [3.8, 4) is 0 Å². The monoisotopic (exact) mass is 1140 g/mol. The fourth-order valence-corrected chi connectivity index (χ4v) is 9.75. The topological polar surface area (TPSA) is 240 Å². The van der Waals surface area contributed by atoms with E-state index < -0.39 is 96.2 Å². The molecule has 2 aromatic rings. The lowest BCUT2D eigenvalue weighted by atomic mass is 10.00. The van der Waals surface area contributed by atoms with Crippen molar-refractivity contribution in [3.63, 3.8) is 0 Å². The number of carbonyl (C=O) groups excluding carboxylic acids is 7. The van der Waals surface area contributed by atoms with Gasteiger partial charge in [-0.25, -0.2) is 19.2 Å². The van der Waals surface area contributed by atoms with Gasteiger partial charge in [-0.05, 0) is 106 Å². The first-order chi connectivity index (χ1) is 38.2. The molecule has 2 aliphatic rings. The minimum Gasteiger partial charge on any atom is -0.479 e. The summed E-state index contributed by atoms with van der Waals surface area (Å²) in [5.74, 6) is -7.33. The van der Waals surface area contributed by atoms with Crippen LogP contribution < -0.4 is 15.1 Å². The highest BCUT2D eigenvalue weighted by molar-refractivity contribution is 5.93. The fraction of sp³-hybridized carbons (Fsp3) is 0.667. The van der Waals surface area contributed by atoms with E-state index in [0.29, 0.717) is 51.5 Å². The Morgan fingerprint density at radius 2 is 0.802 bits per heavy atom. The number of carbonyl (C=O) groups is 8. The SMILES string of the molecule is CN[C@@H](CC(C)C)C(=O)O[C@H](Cc1ccc(N2CCOCC2)cc1)C(=O)N(C)[C@@H](CC(C)C)C(=O)O[C@H](C)C(=O)N(C)[C@@H](CC(C)C)C(=O)O[C@H](Cc1ccc(N2CCOCC2)cc1)C(=O)N(C)[C@@H](CC(C)C)C(=O)O[C@H](C)C(=O)O. The molecule has 2 saturated heterocycles. The molecule has 0 aliphatic carbocycles. The molecular weight excluding hydrogens is 1040 g/mol. The first kappa shape index (κ1) is 67.2. The van der Waals surface area contributed by atoms with Crippen LogP contribution in [0.4, 0.5) is 11.4 Å². The maximum atomic E-state index is 14.7. The molecule has 2 aromatic carbocycles.